The second kappa shape index (κ2) is 4.49. The highest BCUT2D eigenvalue weighted by atomic mass is 35.5. The van der Waals surface area contributed by atoms with Crippen LogP contribution < -0.4 is 5.73 Å². The Hall–Kier alpha value is -0.280. The Morgan fingerprint density at radius 2 is 2.07 bits per heavy atom. The van der Waals surface area contributed by atoms with Gasteiger partial charge in [-0.1, -0.05) is 13.3 Å². The predicted molar refractivity (Wildman–Crippen MR) is 58.3 cm³/mol. The second-order valence-electron chi connectivity index (χ2n) is 4.35. The van der Waals surface area contributed by atoms with E-state index in [2.05, 4.69) is 6.92 Å². The van der Waals surface area contributed by atoms with Gasteiger partial charge >= 0.3 is 0 Å². The second-order valence-corrected chi connectivity index (χ2v) is 4.35. The number of rotatable bonds is 2. The first-order chi connectivity index (χ1) is 6.22. The molecule has 2 atom stereocenters. The summed E-state index contributed by atoms with van der Waals surface area (Å²) < 4.78 is 0. The molecule has 0 spiro atoms. The van der Waals surface area contributed by atoms with Crippen molar-refractivity contribution in [3.05, 3.63) is 0 Å². The van der Waals surface area contributed by atoms with E-state index in [1.165, 1.54) is 0 Å². The third kappa shape index (κ3) is 2.20. The van der Waals surface area contributed by atoms with Gasteiger partial charge in [0.05, 0.1) is 0 Å². The van der Waals surface area contributed by atoms with Gasteiger partial charge in [-0.15, -0.1) is 12.4 Å². The van der Waals surface area contributed by atoms with E-state index in [0.29, 0.717) is 17.7 Å². The van der Waals surface area contributed by atoms with Crippen LogP contribution in [0.1, 0.15) is 26.2 Å². The smallest absolute Gasteiger partial charge is 0.225 e. The van der Waals surface area contributed by atoms with E-state index in [-0.39, 0.29) is 18.4 Å². The zero-order valence-electron chi connectivity index (χ0n) is 8.61. The van der Waals surface area contributed by atoms with Crippen LogP contribution in [0.25, 0.3) is 0 Å². The van der Waals surface area contributed by atoms with Crippen LogP contribution in [0.2, 0.25) is 0 Å². The molecule has 1 saturated heterocycles. The van der Waals surface area contributed by atoms with Crippen LogP contribution in [0.15, 0.2) is 0 Å². The quantitative estimate of drug-likeness (QED) is 0.752. The lowest BCUT2D eigenvalue weighted by Crippen LogP contribution is -2.33. The van der Waals surface area contributed by atoms with Gasteiger partial charge in [0, 0.05) is 25.0 Å². The number of carbonyl (C=O) groups excluding carboxylic acids is 1. The first-order valence-electron chi connectivity index (χ1n) is 5.26. The van der Waals surface area contributed by atoms with E-state index in [1.807, 2.05) is 4.90 Å². The van der Waals surface area contributed by atoms with Crippen molar-refractivity contribution < 1.29 is 4.79 Å². The summed E-state index contributed by atoms with van der Waals surface area (Å²) in [5.41, 5.74) is 5.94. The Morgan fingerprint density at radius 1 is 1.43 bits per heavy atom. The molecule has 0 aromatic rings. The molecule has 0 aromatic heterocycles. The third-order valence-electron chi connectivity index (χ3n) is 3.25. The van der Waals surface area contributed by atoms with Gasteiger partial charge in [0.25, 0.3) is 0 Å². The van der Waals surface area contributed by atoms with Crippen molar-refractivity contribution in [3.8, 4) is 0 Å². The molecule has 1 heterocycles. The molecule has 1 aliphatic heterocycles. The normalized spacial score (nSPS) is 31.4. The maximum Gasteiger partial charge on any atom is 0.225 e. The van der Waals surface area contributed by atoms with Gasteiger partial charge in [0.1, 0.15) is 0 Å². The number of nitrogens with zero attached hydrogens (tertiary/aromatic N) is 1. The maximum absolute atomic E-state index is 11.7. The van der Waals surface area contributed by atoms with E-state index < -0.39 is 0 Å². The fourth-order valence-corrected chi connectivity index (χ4v) is 2.10. The highest BCUT2D eigenvalue weighted by molar-refractivity contribution is 5.85. The summed E-state index contributed by atoms with van der Waals surface area (Å²) in [4.78, 5) is 13.7. The lowest BCUT2D eigenvalue weighted by molar-refractivity contribution is -0.131. The van der Waals surface area contributed by atoms with Crippen LogP contribution in [-0.2, 0) is 4.79 Å². The molecule has 0 bridgehead atoms. The zero-order valence-corrected chi connectivity index (χ0v) is 9.43. The summed E-state index contributed by atoms with van der Waals surface area (Å²) in [5.74, 6) is 1.23. The monoisotopic (exact) mass is 218 g/mol. The number of likely N-dealkylation sites (tertiary alicyclic amines) is 1. The van der Waals surface area contributed by atoms with Crippen LogP contribution in [0.3, 0.4) is 0 Å². The van der Waals surface area contributed by atoms with Crippen LogP contribution >= 0.6 is 12.4 Å². The van der Waals surface area contributed by atoms with Crippen molar-refractivity contribution in [3.63, 3.8) is 0 Å². The molecule has 82 valence electrons. The van der Waals surface area contributed by atoms with Crippen molar-refractivity contribution in [2.75, 3.05) is 13.1 Å². The zero-order chi connectivity index (χ0) is 9.42. The van der Waals surface area contributed by atoms with Crippen LogP contribution in [-0.4, -0.2) is 29.9 Å². The number of carbonyl (C=O) groups is 1. The number of amides is 1. The Labute approximate surface area is 91.4 Å². The number of halogens is 1. The third-order valence-corrected chi connectivity index (χ3v) is 3.25. The molecule has 3 nitrogen and oxygen atoms in total. The molecular weight excluding hydrogens is 200 g/mol. The highest BCUT2D eigenvalue weighted by Gasteiger charge is 2.38. The molecule has 1 aliphatic carbocycles. The van der Waals surface area contributed by atoms with Gasteiger partial charge < -0.3 is 10.6 Å². The number of hydrogen-bond donors (Lipinski definition) is 1. The summed E-state index contributed by atoms with van der Waals surface area (Å²) in [6.45, 7) is 3.83. The molecule has 2 N–H and O–H groups in total. The van der Waals surface area contributed by atoms with Crippen LogP contribution in [0.4, 0.5) is 0 Å². The van der Waals surface area contributed by atoms with E-state index >= 15 is 0 Å². The van der Waals surface area contributed by atoms with Gasteiger partial charge in [-0.05, 0) is 18.8 Å². The molecule has 1 amide bonds. The fourth-order valence-electron chi connectivity index (χ4n) is 2.10. The lowest BCUT2D eigenvalue weighted by Gasteiger charge is -2.15. The van der Waals surface area contributed by atoms with E-state index in [0.717, 1.165) is 32.4 Å². The predicted octanol–water partition coefficient (Wildman–Crippen LogP) is 1.01. The Kier molecular flexibility index (Phi) is 3.78. The van der Waals surface area contributed by atoms with E-state index in [1.54, 1.807) is 0 Å². The van der Waals surface area contributed by atoms with Crippen LogP contribution in [0.5, 0.6) is 0 Å². The van der Waals surface area contributed by atoms with Crippen molar-refractivity contribution >= 4 is 18.3 Å². The molecule has 2 unspecified atom stereocenters. The molecular formula is C10H19ClN2O. The van der Waals surface area contributed by atoms with Gasteiger partial charge in [0.2, 0.25) is 5.91 Å². The Morgan fingerprint density at radius 3 is 2.50 bits per heavy atom. The molecule has 0 radical (unpaired) electrons. The summed E-state index contributed by atoms with van der Waals surface area (Å²) in [7, 11) is 0. The average Bonchev–Trinajstić information content (AvgIpc) is 2.89. The summed E-state index contributed by atoms with van der Waals surface area (Å²) in [6.07, 6.45) is 3.29. The van der Waals surface area contributed by atoms with Crippen molar-refractivity contribution in [1.82, 2.24) is 4.90 Å². The summed E-state index contributed by atoms with van der Waals surface area (Å²) in [5, 5.41) is 0. The minimum atomic E-state index is 0. The van der Waals surface area contributed by atoms with Crippen LogP contribution in [0, 0.1) is 11.8 Å². The number of hydrogen-bond acceptors (Lipinski definition) is 2. The first-order valence-corrected chi connectivity index (χ1v) is 5.26. The van der Waals surface area contributed by atoms with E-state index in [9.17, 15) is 4.79 Å². The standard InChI is InChI=1S/C10H18N2O.ClH/c1-2-7-5-12(6-9(7)11)10(13)8-3-4-8;/h7-9H,2-6,11H2,1H3;1H. The number of nitrogens with two attached hydrogens (primary N) is 1. The van der Waals surface area contributed by atoms with Gasteiger partial charge in [-0.2, -0.15) is 0 Å². The molecule has 1 saturated carbocycles. The summed E-state index contributed by atoms with van der Waals surface area (Å²) in [6, 6.07) is 0.215. The van der Waals surface area contributed by atoms with Crippen molar-refractivity contribution in [2.24, 2.45) is 17.6 Å². The molecule has 4 heteroatoms. The van der Waals surface area contributed by atoms with E-state index in [4.69, 9.17) is 5.73 Å². The lowest BCUT2D eigenvalue weighted by atomic mass is 10.0. The molecule has 2 aliphatic rings. The fraction of sp³-hybridized carbons (Fsp3) is 0.900. The van der Waals surface area contributed by atoms with Crippen molar-refractivity contribution in [1.29, 1.82) is 0 Å². The van der Waals surface area contributed by atoms with Gasteiger partial charge in [-0.3, -0.25) is 4.79 Å². The molecule has 2 rings (SSSR count). The minimum Gasteiger partial charge on any atom is -0.341 e. The van der Waals surface area contributed by atoms with Crippen molar-refractivity contribution in [2.45, 2.75) is 32.2 Å². The highest BCUT2D eigenvalue weighted by Crippen LogP contribution is 2.33. The van der Waals surface area contributed by atoms with Gasteiger partial charge in [0.15, 0.2) is 0 Å². The van der Waals surface area contributed by atoms with Gasteiger partial charge in [-0.25, -0.2) is 0 Å². The largest absolute Gasteiger partial charge is 0.341 e. The average molecular weight is 219 g/mol. The topological polar surface area (TPSA) is 46.3 Å². The summed E-state index contributed by atoms with van der Waals surface area (Å²) >= 11 is 0. The minimum absolute atomic E-state index is 0. The molecule has 2 fully saturated rings. The molecule has 14 heavy (non-hydrogen) atoms. The Bertz CT molecular complexity index is 218. The SMILES string of the molecule is CCC1CN(C(=O)C2CC2)CC1N.Cl. The first kappa shape index (κ1) is 11.8. The molecule has 0 aromatic carbocycles. The Balaban J connectivity index is 0.000000980. The maximum atomic E-state index is 11.7.